The quantitative estimate of drug-likeness (QED) is 0.901. The number of hydrogen-bond donors (Lipinski definition) is 1. The lowest BCUT2D eigenvalue weighted by atomic mass is 9.84. The lowest BCUT2D eigenvalue weighted by molar-refractivity contribution is -0.117. The number of fused-ring (bicyclic) bond motifs is 1. The number of carbonyl (C=O) groups is 1. The van der Waals surface area contributed by atoms with Crippen molar-refractivity contribution in [3.05, 3.63) is 17.0 Å². The number of ketones is 1. The van der Waals surface area contributed by atoms with E-state index < -0.39 is 12.0 Å². The van der Waals surface area contributed by atoms with Gasteiger partial charge in [-0.05, 0) is 33.1 Å². The molecule has 100 valence electrons. The molecule has 0 aromatic carbocycles. The van der Waals surface area contributed by atoms with E-state index in [9.17, 15) is 18.7 Å². The fourth-order valence-corrected chi connectivity index (χ4v) is 2.60. The van der Waals surface area contributed by atoms with Crippen LogP contribution in [0.25, 0.3) is 0 Å². The average molecular weight is 258 g/mol. The third kappa shape index (κ3) is 2.16. The fourth-order valence-electron chi connectivity index (χ4n) is 2.60. The van der Waals surface area contributed by atoms with Gasteiger partial charge in [0.1, 0.15) is 11.3 Å². The summed E-state index contributed by atoms with van der Waals surface area (Å²) in [6.45, 7) is 2.87. The summed E-state index contributed by atoms with van der Waals surface area (Å²) in [5, 5.41) is 14.1. The summed E-state index contributed by atoms with van der Waals surface area (Å²) in [7, 11) is 0. The number of aliphatic hydroxyl groups is 1. The first-order valence-electron chi connectivity index (χ1n) is 5.93. The highest BCUT2D eigenvalue weighted by atomic mass is 19.3. The molecule has 1 aliphatic carbocycles. The van der Waals surface area contributed by atoms with E-state index in [1.54, 1.807) is 6.92 Å². The summed E-state index contributed by atoms with van der Waals surface area (Å²) in [5.41, 5.74) is -0.712. The van der Waals surface area contributed by atoms with Crippen molar-refractivity contribution in [2.45, 2.75) is 51.7 Å². The molecule has 1 heterocycles. The predicted octanol–water partition coefficient (Wildman–Crippen LogP) is 1.95. The smallest absolute Gasteiger partial charge is 0.282 e. The highest BCUT2D eigenvalue weighted by molar-refractivity contribution is 5.75. The van der Waals surface area contributed by atoms with E-state index >= 15 is 0 Å². The Morgan fingerprint density at radius 3 is 2.83 bits per heavy atom. The van der Waals surface area contributed by atoms with Gasteiger partial charge < -0.3 is 5.11 Å². The third-order valence-corrected chi connectivity index (χ3v) is 3.26. The zero-order valence-corrected chi connectivity index (χ0v) is 10.4. The maximum Gasteiger partial charge on any atom is 0.282 e. The second kappa shape index (κ2) is 4.42. The monoisotopic (exact) mass is 258 g/mol. The van der Waals surface area contributed by atoms with Gasteiger partial charge in [-0.15, -0.1) is 0 Å². The van der Waals surface area contributed by atoms with Gasteiger partial charge in [-0.25, -0.2) is 8.78 Å². The van der Waals surface area contributed by atoms with E-state index in [2.05, 4.69) is 5.10 Å². The lowest BCUT2D eigenvalue weighted by Gasteiger charge is -2.29. The van der Waals surface area contributed by atoms with Crippen LogP contribution in [0.1, 0.15) is 50.1 Å². The first-order chi connectivity index (χ1) is 8.33. The van der Waals surface area contributed by atoms with E-state index in [-0.39, 0.29) is 18.0 Å². The molecule has 2 rings (SSSR count). The second-order valence-electron chi connectivity index (χ2n) is 5.00. The zero-order chi connectivity index (χ0) is 13.5. The SMILES string of the molecule is CC(=O)Cn1nc(C(F)F)c2c1C(C)(O)CCC2. The highest BCUT2D eigenvalue weighted by Gasteiger charge is 2.37. The van der Waals surface area contributed by atoms with Crippen molar-refractivity contribution >= 4 is 5.78 Å². The number of alkyl halides is 2. The van der Waals surface area contributed by atoms with Crippen molar-refractivity contribution < 1.29 is 18.7 Å². The van der Waals surface area contributed by atoms with Gasteiger partial charge in [0.2, 0.25) is 0 Å². The molecule has 0 spiro atoms. The van der Waals surface area contributed by atoms with Crippen LogP contribution < -0.4 is 0 Å². The normalized spacial score (nSPS) is 23.2. The first kappa shape index (κ1) is 13.1. The van der Waals surface area contributed by atoms with Gasteiger partial charge >= 0.3 is 0 Å². The Morgan fingerprint density at radius 2 is 2.28 bits per heavy atom. The topological polar surface area (TPSA) is 55.1 Å². The van der Waals surface area contributed by atoms with Crippen molar-refractivity contribution in [3.8, 4) is 0 Å². The molecule has 1 aromatic rings. The summed E-state index contributed by atoms with van der Waals surface area (Å²) < 4.78 is 27.1. The average Bonchev–Trinajstić information content (AvgIpc) is 2.56. The number of nitrogens with zero attached hydrogens (tertiary/aromatic N) is 2. The summed E-state index contributed by atoms with van der Waals surface area (Å²) in [5.74, 6) is -0.178. The van der Waals surface area contributed by atoms with E-state index in [0.717, 1.165) is 0 Å². The van der Waals surface area contributed by atoms with Crippen molar-refractivity contribution in [1.82, 2.24) is 9.78 Å². The molecule has 0 fully saturated rings. The van der Waals surface area contributed by atoms with Crippen LogP contribution in [-0.2, 0) is 23.4 Å². The third-order valence-electron chi connectivity index (χ3n) is 3.26. The Kier molecular flexibility index (Phi) is 3.23. The zero-order valence-electron chi connectivity index (χ0n) is 10.4. The number of aromatic nitrogens is 2. The molecule has 0 saturated heterocycles. The largest absolute Gasteiger partial charge is 0.384 e. The lowest BCUT2D eigenvalue weighted by Crippen LogP contribution is -2.31. The number of halogens is 2. The van der Waals surface area contributed by atoms with Crippen molar-refractivity contribution in [3.63, 3.8) is 0 Å². The predicted molar refractivity (Wildman–Crippen MR) is 60.4 cm³/mol. The summed E-state index contributed by atoms with van der Waals surface area (Å²) >= 11 is 0. The van der Waals surface area contributed by atoms with Crippen LogP contribution in [0, 0.1) is 0 Å². The molecular weight excluding hydrogens is 242 g/mol. The minimum Gasteiger partial charge on any atom is -0.384 e. The van der Waals surface area contributed by atoms with Gasteiger partial charge in [-0.3, -0.25) is 9.48 Å². The Balaban J connectivity index is 2.57. The molecular formula is C12H16F2N2O2. The molecule has 6 heteroatoms. The summed E-state index contributed by atoms with van der Waals surface area (Å²) in [6.07, 6.45) is -1.07. The van der Waals surface area contributed by atoms with Crippen LogP contribution in [0.15, 0.2) is 0 Å². The molecule has 4 nitrogen and oxygen atoms in total. The number of Topliss-reactive ketones (excluding diaryl/α,β-unsaturated/α-hetero) is 1. The summed E-state index contributed by atoms with van der Waals surface area (Å²) in [6, 6.07) is 0. The maximum atomic E-state index is 12.9. The second-order valence-corrected chi connectivity index (χ2v) is 5.00. The van der Waals surface area contributed by atoms with Crippen molar-refractivity contribution in [1.29, 1.82) is 0 Å². The maximum absolute atomic E-state index is 12.9. The van der Waals surface area contributed by atoms with Crippen LogP contribution in [0.3, 0.4) is 0 Å². The van der Waals surface area contributed by atoms with Crippen LogP contribution in [0.5, 0.6) is 0 Å². The molecule has 18 heavy (non-hydrogen) atoms. The van der Waals surface area contributed by atoms with Crippen molar-refractivity contribution in [2.75, 3.05) is 0 Å². The first-order valence-corrected chi connectivity index (χ1v) is 5.93. The Hall–Kier alpha value is -1.30. The molecule has 1 aliphatic rings. The van der Waals surface area contributed by atoms with Crippen LogP contribution >= 0.6 is 0 Å². The number of hydrogen-bond acceptors (Lipinski definition) is 3. The van der Waals surface area contributed by atoms with Gasteiger partial charge in [0.15, 0.2) is 5.78 Å². The van der Waals surface area contributed by atoms with Gasteiger partial charge in [0.05, 0.1) is 12.2 Å². The van der Waals surface area contributed by atoms with Crippen molar-refractivity contribution in [2.24, 2.45) is 0 Å². The summed E-state index contributed by atoms with van der Waals surface area (Å²) in [4.78, 5) is 11.2. The van der Waals surface area contributed by atoms with Gasteiger partial charge in [-0.2, -0.15) is 5.10 Å². The standard InChI is InChI=1S/C12H16F2N2O2/c1-7(17)6-16-10-8(9(15-16)11(13)14)4-3-5-12(10,2)18/h11,18H,3-6H2,1-2H3. The molecule has 1 N–H and O–H groups in total. The molecule has 0 saturated carbocycles. The molecule has 1 aromatic heterocycles. The van der Waals surface area contributed by atoms with Gasteiger partial charge in [-0.1, -0.05) is 0 Å². The Bertz CT molecular complexity index is 481. The highest BCUT2D eigenvalue weighted by Crippen LogP contribution is 2.39. The fraction of sp³-hybridized carbons (Fsp3) is 0.667. The molecule has 0 amide bonds. The van der Waals surface area contributed by atoms with Crippen LogP contribution in [0.2, 0.25) is 0 Å². The molecule has 1 atom stereocenters. The molecule has 0 bridgehead atoms. The van der Waals surface area contributed by atoms with Crippen LogP contribution in [0.4, 0.5) is 8.78 Å². The number of carbonyl (C=O) groups excluding carboxylic acids is 1. The Labute approximate surface area is 104 Å². The van der Waals surface area contributed by atoms with E-state index in [1.807, 2.05) is 0 Å². The van der Waals surface area contributed by atoms with Crippen LogP contribution in [-0.4, -0.2) is 20.7 Å². The minimum absolute atomic E-state index is 0.0782. The van der Waals surface area contributed by atoms with E-state index in [1.165, 1.54) is 11.6 Å². The minimum atomic E-state index is -2.68. The molecule has 0 aliphatic heterocycles. The van der Waals surface area contributed by atoms with Gasteiger partial charge in [0, 0.05) is 5.56 Å². The van der Waals surface area contributed by atoms with E-state index in [0.29, 0.717) is 30.5 Å². The number of rotatable bonds is 3. The van der Waals surface area contributed by atoms with E-state index in [4.69, 9.17) is 0 Å². The van der Waals surface area contributed by atoms with Gasteiger partial charge in [0.25, 0.3) is 6.43 Å². The molecule has 1 unspecified atom stereocenters. The Morgan fingerprint density at radius 1 is 1.61 bits per heavy atom. The molecule has 0 radical (unpaired) electrons.